The molecule has 222 valence electrons. The molecule has 13 heteroatoms. The third-order valence-corrected chi connectivity index (χ3v) is 6.04. The van der Waals surface area contributed by atoms with Crippen LogP contribution in [0.4, 0.5) is 14.6 Å². The van der Waals surface area contributed by atoms with Crippen molar-refractivity contribution in [2.45, 2.75) is 92.3 Å². The van der Waals surface area contributed by atoms with E-state index in [2.05, 4.69) is 37.6 Å². The van der Waals surface area contributed by atoms with Crippen LogP contribution in [0.25, 0.3) is 11.0 Å². The Morgan fingerprint density at radius 3 is 2.00 bits per heavy atom. The number of halogens is 3. The Balaban J connectivity index is 0.000000881. The summed E-state index contributed by atoms with van der Waals surface area (Å²) in [5.41, 5.74) is 1.51. The molecular weight excluding hydrogens is 562 g/mol. The number of hydrogen-bond acceptors (Lipinski definition) is 7. The molecule has 1 aromatic carbocycles. The number of aromatic nitrogens is 1. The summed E-state index contributed by atoms with van der Waals surface area (Å²) in [4.78, 5) is 0. The summed E-state index contributed by atoms with van der Waals surface area (Å²) in [7, 11) is -6.16. The molecule has 1 aliphatic carbocycles. The van der Waals surface area contributed by atoms with Crippen molar-refractivity contribution in [3.05, 3.63) is 22.7 Å². The molecule has 1 fully saturated rings. The topological polar surface area (TPSA) is 116 Å². The summed E-state index contributed by atoms with van der Waals surface area (Å²) < 4.78 is 81.3. The number of benzene rings is 1. The van der Waals surface area contributed by atoms with Crippen LogP contribution in [0.5, 0.6) is 0 Å². The van der Waals surface area contributed by atoms with Crippen LogP contribution in [0.2, 0.25) is 5.02 Å². The van der Waals surface area contributed by atoms with Crippen molar-refractivity contribution in [3.8, 4) is 0 Å². The number of ether oxygens (including phenoxy) is 1. The lowest BCUT2D eigenvalue weighted by atomic mass is 9.94. The maximum atomic E-state index is 13.2. The standard InChI is InChI=1S/C15H17ClF2N2O4S.C6H14.C2H6O2S.C2H6/c1-25(21,22)20-14-11-7-12(16)9(6-13(11)24-19-14)8-23-10-2-4-15(17,18)5-3-10;1-5-6(2,3)4;1-5(2,3)4;1-2/h6-7,10H,2-5,8H2,1H3,(H,19,20);5H2,1-4H3;1-2H3;1-2H3. The molecular formula is C25H43ClF2N2O6S2. The summed E-state index contributed by atoms with van der Waals surface area (Å²) in [6, 6.07) is 3.14. The van der Waals surface area contributed by atoms with Crippen molar-refractivity contribution >= 4 is 48.2 Å². The molecule has 8 nitrogen and oxygen atoms in total. The van der Waals surface area contributed by atoms with Crippen molar-refractivity contribution in [2.24, 2.45) is 5.41 Å². The van der Waals surface area contributed by atoms with Crippen molar-refractivity contribution < 1.29 is 34.9 Å². The van der Waals surface area contributed by atoms with Crippen LogP contribution in [0, 0.1) is 5.41 Å². The van der Waals surface area contributed by atoms with E-state index in [1.54, 1.807) is 6.07 Å². The Hall–Kier alpha value is -1.50. The largest absolute Gasteiger partial charge is 0.373 e. The average molecular weight is 605 g/mol. The number of anilines is 1. The van der Waals surface area contributed by atoms with Crippen LogP contribution in [-0.2, 0) is 31.2 Å². The van der Waals surface area contributed by atoms with E-state index < -0.39 is 25.8 Å². The molecule has 0 saturated heterocycles. The van der Waals surface area contributed by atoms with Gasteiger partial charge in [0.2, 0.25) is 15.9 Å². The maximum absolute atomic E-state index is 13.2. The summed E-state index contributed by atoms with van der Waals surface area (Å²) in [6.45, 7) is 13.1. The van der Waals surface area contributed by atoms with Gasteiger partial charge in [0.15, 0.2) is 11.4 Å². The van der Waals surface area contributed by atoms with E-state index in [-0.39, 0.29) is 31.4 Å². The van der Waals surface area contributed by atoms with E-state index in [4.69, 9.17) is 20.9 Å². The molecule has 1 aliphatic rings. The van der Waals surface area contributed by atoms with Gasteiger partial charge in [0, 0.05) is 35.9 Å². The second kappa shape index (κ2) is 15.3. The third kappa shape index (κ3) is 16.5. The van der Waals surface area contributed by atoms with E-state index in [1.807, 2.05) is 13.8 Å². The molecule has 1 aromatic heterocycles. The molecule has 1 N–H and O–H groups in total. The summed E-state index contributed by atoms with van der Waals surface area (Å²) in [5.74, 6) is -2.54. The number of sulfonamides is 1. The predicted molar refractivity (Wildman–Crippen MR) is 151 cm³/mol. The zero-order valence-corrected chi connectivity index (χ0v) is 26.2. The van der Waals surface area contributed by atoms with Crippen LogP contribution in [0.15, 0.2) is 16.7 Å². The first-order valence-electron chi connectivity index (χ1n) is 12.4. The number of sulfone groups is 1. The molecule has 0 unspecified atom stereocenters. The third-order valence-electron chi connectivity index (χ3n) is 5.12. The minimum absolute atomic E-state index is 0.0568. The van der Waals surface area contributed by atoms with Crippen molar-refractivity contribution in [2.75, 3.05) is 23.5 Å². The van der Waals surface area contributed by atoms with Gasteiger partial charge in [-0.15, -0.1) is 0 Å². The van der Waals surface area contributed by atoms with Gasteiger partial charge in [-0.2, -0.15) is 0 Å². The maximum Gasteiger partial charge on any atom is 0.248 e. The molecule has 0 atom stereocenters. The van der Waals surface area contributed by atoms with Crippen molar-refractivity contribution in [1.29, 1.82) is 0 Å². The zero-order chi connectivity index (χ0) is 29.9. The number of hydrogen-bond donors (Lipinski definition) is 1. The first-order chi connectivity index (χ1) is 17.2. The van der Waals surface area contributed by atoms with E-state index in [1.165, 1.54) is 12.5 Å². The Kier molecular flexibility index (Phi) is 14.7. The lowest BCUT2D eigenvalue weighted by molar-refractivity contribution is -0.0838. The number of fused-ring (bicyclic) bond motifs is 1. The van der Waals surface area contributed by atoms with Gasteiger partial charge in [-0.1, -0.05) is 64.7 Å². The number of alkyl halides is 2. The van der Waals surface area contributed by atoms with E-state index in [0.717, 1.165) is 18.8 Å². The Labute approximate surface area is 231 Å². The molecule has 1 saturated carbocycles. The highest BCUT2D eigenvalue weighted by atomic mass is 35.5. The summed E-state index contributed by atoms with van der Waals surface area (Å²) in [5, 5.41) is 4.46. The van der Waals surface area contributed by atoms with Crippen molar-refractivity contribution in [1.82, 2.24) is 5.16 Å². The van der Waals surface area contributed by atoms with Gasteiger partial charge in [-0.3, -0.25) is 4.72 Å². The summed E-state index contributed by atoms with van der Waals surface area (Å²) >= 11 is 6.22. The minimum Gasteiger partial charge on any atom is -0.373 e. The monoisotopic (exact) mass is 604 g/mol. The molecule has 0 radical (unpaired) electrons. The molecule has 0 amide bonds. The minimum atomic E-state index is -3.50. The molecule has 0 aliphatic heterocycles. The van der Waals surface area contributed by atoms with Crippen LogP contribution in [-0.4, -0.2) is 52.8 Å². The molecule has 38 heavy (non-hydrogen) atoms. The highest BCUT2D eigenvalue weighted by molar-refractivity contribution is 7.92. The fourth-order valence-corrected chi connectivity index (χ4v) is 3.46. The van der Waals surface area contributed by atoms with Crippen LogP contribution < -0.4 is 4.72 Å². The zero-order valence-electron chi connectivity index (χ0n) is 23.8. The first-order valence-corrected chi connectivity index (χ1v) is 17.0. The van der Waals surface area contributed by atoms with Gasteiger partial charge < -0.3 is 9.26 Å². The SMILES string of the molecule is CC.CCC(C)(C)C.CS(=O)(=O)Nc1noc2cc(COC3CCC(F)(F)CC3)c(Cl)cc12.CS(C)(=O)=O. The molecule has 3 rings (SSSR count). The van der Waals surface area contributed by atoms with Gasteiger partial charge >= 0.3 is 0 Å². The van der Waals surface area contributed by atoms with Gasteiger partial charge in [-0.05, 0) is 30.4 Å². The second-order valence-corrected chi connectivity index (χ2v) is 14.7. The molecule has 0 spiro atoms. The van der Waals surface area contributed by atoms with E-state index in [0.29, 0.717) is 39.8 Å². The van der Waals surface area contributed by atoms with E-state index in [9.17, 15) is 25.6 Å². The number of nitrogens with one attached hydrogen (secondary N) is 1. The van der Waals surface area contributed by atoms with Crippen LogP contribution in [0.1, 0.15) is 79.2 Å². The fraction of sp³-hybridized carbons (Fsp3) is 0.720. The molecule has 1 heterocycles. The van der Waals surface area contributed by atoms with Gasteiger partial charge in [0.25, 0.3) is 0 Å². The van der Waals surface area contributed by atoms with Crippen molar-refractivity contribution in [3.63, 3.8) is 0 Å². The fourth-order valence-electron chi connectivity index (χ4n) is 2.75. The Bertz CT molecular complexity index is 1190. The van der Waals surface area contributed by atoms with Gasteiger partial charge in [-0.25, -0.2) is 25.6 Å². The quantitative estimate of drug-likeness (QED) is 0.388. The predicted octanol–water partition coefficient (Wildman–Crippen LogP) is 7.08. The summed E-state index contributed by atoms with van der Waals surface area (Å²) in [6.07, 6.45) is 4.62. The smallest absolute Gasteiger partial charge is 0.248 e. The van der Waals surface area contributed by atoms with E-state index >= 15 is 0 Å². The Morgan fingerprint density at radius 2 is 1.58 bits per heavy atom. The Morgan fingerprint density at radius 1 is 1.11 bits per heavy atom. The normalized spacial score (nSPS) is 15.8. The lowest BCUT2D eigenvalue weighted by Crippen LogP contribution is -2.29. The first kappa shape index (κ1) is 36.5. The highest BCUT2D eigenvalue weighted by Gasteiger charge is 2.35. The lowest BCUT2D eigenvalue weighted by Gasteiger charge is -2.28. The van der Waals surface area contributed by atoms with Crippen LogP contribution in [0.3, 0.4) is 0 Å². The molecule has 0 bridgehead atoms. The number of rotatable bonds is 5. The van der Waals surface area contributed by atoms with Gasteiger partial charge in [0.05, 0.1) is 24.4 Å². The number of nitrogens with zero attached hydrogens (tertiary/aromatic N) is 1. The second-order valence-electron chi connectivity index (χ2n) is 10.3. The molecule has 2 aromatic rings. The van der Waals surface area contributed by atoms with Crippen LogP contribution >= 0.6 is 11.6 Å². The average Bonchev–Trinajstić information content (AvgIpc) is 3.13. The highest BCUT2D eigenvalue weighted by Crippen LogP contribution is 2.35. The van der Waals surface area contributed by atoms with Gasteiger partial charge in [0.1, 0.15) is 9.84 Å².